The van der Waals surface area contributed by atoms with E-state index in [9.17, 15) is 52.7 Å². The van der Waals surface area contributed by atoms with Crippen LogP contribution in [0.2, 0.25) is 0 Å². The summed E-state index contributed by atoms with van der Waals surface area (Å²) in [5, 5.41) is 2.24. The highest BCUT2D eigenvalue weighted by atomic mass is 16.8. The van der Waals surface area contributed by atoms with Gasteiger partial charge in [0.05, 0.1) is 0 Å². The molecule has 0 heterocycles. The minimum atomic E-state index is -0.738. The van der Waals surface area contributed by atoms with E-state index in [-0.39, 0.29) is 92.8 Å². The Balaban J connectivity index is 0.000000126. The van der Waals surface area contributed by atoms with Crippen LogP contribution in [0, 0.1) is 97.1 Å². The van der Waals surface area contributed by atoms with Gasteiger partial charge >= 0.3 is 30.8 Å². The lowest BCUT2D eigenvalue weighted by Gasteiger charge is -2.58. The highest BCUT2D eigenvalue weighted by Crippen LogP contribution is 2.69. The van der Waals surface area contributed by atoms with Gasteiger partial charge in [0, 0.05) is 72.0 Å². The molecule has 11 saturated carbocycles. The van der Waals surface area contributed by atoms with Crippen molar-refractivity contribution in [3.8, 4) is 17.2 Å². The fourth-order valence-electron chi connectivity index (χ4n) is 30.1. The first-order chi connectivity index (χ1) is 66.7. The van der Waals surface area contributed by atoms with Crippen LogP contribution in [0.1, 0.15) is 381 Å². The molecule has 4 aromatic rings. The van der Waals surface area contributed by atoms with Gasteiger partial charge in [0.2, 0.25) is 0 Å². The summed E-state index contributed by atoms with van der Waals surface area (Å²) < 4.78 is 52.9. The number of allylic oxidation sites excluding steroid dienone is 4. The Morgan fingerprint density at radius 3 is 1.51 bits per heavy atom. The van der Waals surface area contributed by atoms with Crippen LogP contribution >= 0.6 is 0 Å². The monoisotopic (exact) mass is 1920 g/mol. The molecule has 0 aliphatic heterocycles. The van der Waals surface area contributed by atoms with E-state index in [0.29, 0.717) is 130 Å². The molecule has 21 heteroatoms. The number of ether oxygens (including phenoxy) is 10. The number of hydrogen-bond donors (Lipinski definition) is 0. The molecule has 0 spiro atoms. The average molecular weight is 1920 g/mol. The molecule has 16 aliphatic rings. The van der Waals surface area contributed by atoms with Gasteiger partial charge in [0.15, 0.2) is 18.2 Å². The maximum atomic E-state index is 13.1. The first-order valence-electron chi connectivity index (χ1n) is 54.2. The summed E-state index contributed by atoms with van der Waals surface area (Å²) in [7, 11) is 0. The third-order valence-electron chi connectivity index (χ3n) is 39.4. The zero-order chi connectivity index (χ0) is 100. The maximum Gasteiger partial charge on any atom is 0.514 e. The fraction of sp³-hybridized carbons (Fsp3) is 0.672. The van der Waals surface area contributed by atoms with Gasteiger partial charge in [-0.2, -0.15) is 0 Å². The summed E-state index contributed by atoms with van der Waals surface area (Å²) in [4.78, 5) is 134. The minimum Gasteiger partial charge on any atom is -0.431 e. The molecule has 760 valence electrons. The van der Waals surface area contributed by atoms with Crippen molar-refractivity contribution in [1.82, 2.24) is 0 Å². The van der Waals surface area contributed by atoms with E-state index in [0.717, 1.165) is 217 Å². The van der Waals surface area contributed by atoms with E-state index in [1.807, 2.05) is 118 Å². The van der Waals surface area contributed by atoms with Crippen LogP contribution in [-0.4, -0.2) is 109 Å². The van der Waals surface area contributed by atoms with Crippen LogP contribution in [0.5, 0.6) is 17.2 Å². The first-order valence-corrected chi connectivity index (χ1v) is 54.2. The van der Waals surface area contributed by atoms with Crippen molar-refractivity contribution in [2.75, 3.05) is 6.61 Å². The topological polar surface area (TPSA) is 280 Å². The lowest BCUT2D eigenvalue weighted by atomic mass is 9.46. The van der Waals surface area contributed by atoms with Gasteiger partial charge in [0.25, 0.3) is 0 Å². The van der Waals surface area contributed by atoms with Crippen molar-refractivity contribution in [3.63, 3.8) is 0 Å². The molecule has 0 saturated heterocycles. The number of carbonyl (C=O) groups is 11. The van der Waals surface area contributed by atoms with Crippen molar-refractivity contribution in [2.45, 2.75) is 403 Å². The predicted molar refractivity (Wildman–Crippen MR) is 535 cm³/mol. The number of Topliss-reactive ketones (excluding diaryl/α,β-unsaturated/α-hetero) is 5. The zero-order valence-corrected chi connectivity index (χ0v) is 86.8. The van der Waals surface area contributed by atoms with Crippen LogP contribution < -0.4 is 14.2 Å². The summed E-state index contributed by atoms with van der Waals surface area (Å²) in [6.07, 6.45) is 36.6. The number of aryl methyl sites for hydroxylation is 2. The molecule has 0 radical (unpaired) electrons. The van der Waals surface area contributed by atoms with Gasteiger partial charge in [-0.25, -0.2) is 24.0 Å². The van der Waals surface area contributed by atoms with Crippen LogP contribution in [0.4, 0.5) is 24.0 Å². The number of rotatable bonds is 17. The Labute approximate surface area is 830 Å². The highest BCUT2D eigenvalue weighted by Gasteiger charge is 2.63. The molecule has 0 amide bonds. The Morgan fingerprint density at radius 2 is 0.879 bits per heavy atom. The number of ketones is 6. The molecule has 21 nitrogen and oxygen atoms in total. The normalized spacial score (nSPS) is 34.5. The van der Waals surface area contributed by atoms with Crippen LogP contribution in [0.3, 0.4) is 0 Å². The molecule has 11 fully saturated rings. The van der Waals surface area contributed by atoms with E-state index in [1.165, 1.54) is 61.9 Å². The third-order valence-corrected chi connectivity index (χ3v) is 39.4. The van der Waals surface area contributed by atoms with E-state index < -0.39 is 30.8 Å². The Hall–Kier alpha value is -9.27. The summed E-state index contributed by atoms with van der Waals surface area (Å²) in [6.45, 7) is 34.8. The number of carbonyl (C=O) groups excluding carboxylic acids is 11. The van der Waals surface area contributed by atoms with E-state index in [4.69, 9.17) is 47.4 Å². The molecular formula is C119H158O21. The van der Waals surface area contributed by atoms with Gasteiger partial charge in [-0.15, -0.1) is 0 Å². The molecule has 0 N–H and O–H groups in total. The van der Waals surface area contributed by atoms with Gasteiger partial charge in [-0.05, 0) is 395 Å². The molecule has 4 aromatic carbocycles. The molecule has 16 aliphatic carbocycles. The zero-order valence-electron chi connectivity index (χ0n) is 86.8. The van der Waals surface area contributed by atoms with Gasteiger partial charge in [0.1, 0.15) is 77.0 Å². The second kappa shape index (κ2) is 42.2. The predicted octanol–water partition coefficient (Wildman–Crippen LogP) is 27.8. The smallest absolute Gasteiger partial charge is 0.431 e. The van der Waals surface area contributed by atoms with Gasteiger partial charge in [-0.3, -0.25) is 28.8 Å². The van der Waals surface area contributed by atoms with Crippen molar-refractivity contribution in [2.24, 2.45) is 97.1 Å². The maximum absolute atomic E-state index is 13.1. The second-order valence-electron chi connectivity index (χ2n) is 46.7. The average Bonchev–Trinajstić information content (AvgIpc) is 1.40. The lowest BCUT2D eigenvalue weighted by Crippen LogP contribution is -2.51. The SMILES string of the molecule is CCC(C)OC(=O)OC1CCC2(C)C(=CCC3C4CCC(=O)C4(C)CCC32)C1.CCC(C)OC(=O)OCC(=O)C1CCC2C3CCC4=CC(=O)CCC4(C)C3CCC12C.CCC(C)OC(=O)Oc1ccc2c(c1)CC=C1C2CCC2(C)C(=O)CCC12.CCC(C)OC(=O)Oc1ccc2c(c1)CCC1C2CCC2(C)C(=O)CCC12.CCC(C)OC(=O)Oc1ccc2c3c(ccc2c1)C1CCC(=O)C1(C)CC3. The lowest BCUT2D eigenvalue weighted by molar-refractivity contribution is -0.134. The molecule has 26 unspecified atom stereocenters. The van der Waals surface area contributed by atoms with Crippen molar-refractivity contribution >= 4 is 76.2 Å². The van der Waals surface area contributed by atoms with Crippen LogP contribution in [0.15, 0.2) is 102 Å². The second-order valence-corrected chi connectivity index (χ2v) is 46.7. The number of fused-ring (bicyclic) bond motifs is 25. The molecule has 140 heavy (non-hydrogen) atoms. The van der Waals surface area contributed by atoms with Crippen LogP contribution in [-0.2, 0) is 81.2 Å². The van der Waals surface area contributed by atoms with Gasteiger partial charge in [-0.1, -0.05) is 142 Å². The number of hydrogen-bond acceptors (Lipinski definition) is 21. The molecular weight excluding hydrogens is 1770 g/mol. The highest BCUT2D eigenvalue weighted by molar-refractivity contribution is 5.94. The van der Waals surface area contributed by atoms with E-state index in [2.05, 4.69) is 84.9 Å². The largest absolute Gasteiger partial charge is 0.514 e. The first kappa shape index (κ1) is 104. The van der Waals surface area contributed by atoms with Crippen LogP contribution in [0.25, 0.3) is 10.8 Å². The summed E-state index contributed by atoms with van der Waals surface area (Å²) in [5.74, 6) is 10.3. The van der Waals surface area contributed by atoms with Crippen molar-refractivity contribution < 1.29 is 100 Å². The Bertz CT molecular complexity index is 5480. The molecule has 20 rings (SSSR count). The summed E-state index contributed by atoms with van der Waals surface area (Å²) in [5.41, 5.74) is 12.1. The quantitative estimate of drug-likeness (QED) is 0.0411. The Morgan fingerprint density at radius 1 is 0.386 bits per heavy atom. The summed E-state index contributed by atoms with van der Waals surface area (Å²) >= 11 is 0. The molecule has 0 bridgehead atoms. The fourth-order valence-corrected chi connectivity index (χ4v) is 30.1. The van der Waals surface area contributed by atoms with E-state index in [1.54, 1.807) is 0 Å². The Kier molecular flexibility index (Phi) is 31.2. The van der Waals surface area contributed by atoms with E-state index >= 15 is 0 Å². The molecule has 26 atom stereocenters. The standard InChI is InChI=1S/C26H38O5.C24H36O4.C23H30O4.C23H28O4.C23H26O4/c1-5-16(2)31-24(29)30-15-23(28)22-9-8-20-19-7-6-17-14-18(27)10-12-25(17,3)21(19)11-13-26(20,22)4;1-5-15(2)27-22(26)28-17-10-12-23(3)16(14-17)6-7-18-19-8-9-21(25)24(19,4)13-11-20(18)23;3*1-4-14(2)26-22(25)27-16-6-8-17-15(13-16)5-7-19-18(17)11-12-23(3)20(19)9-10-21(23)24/h14,16,19-22H,5-13,15H2,1-4H3;6,15,17-20H,5,7-14H2,1-4H3;6,8,13-14,18-20H,4-5,7,9-12H2,1-3H3;6-8,13-14,18,20H,4-5,9-12H2,1-3H3;5-8,13-14,20H,4,9-12H2,1-3H3. The minimum absolute atomic E-state index is 0.00963. The third kappa shape index (κ3) is 20.4. The van der Waals surface area contributed by atoms with Crippen molar-refractivity contribution in [1.29, 1.82) is 0 Å². The van der Waals surface area contributed by atoms with Crippen molar-refractivity contribution in [3.05, 3.63) is 135 Å². The summed E-state index contributed by atoms with van der Waals surface area (Å²) in [6, 6.07) is 22.0. The number of benzene rings is 4. The molecule has 0 aromatic heterocycles. The van der Waals surface area contributed by atoms with Gasteiger partial charge < -0.3 is 47.4 Å².